The van der Waals surface area contributed by atoms with Gasteiger partial charge in [0.2, 0.25) is 0 Å². The van der Waals surface area contributed by atoms with Gasteiger partial charge in [-0.1, -0.05) is 84.9 Å². The van der Waals surface area contributed by atoms with Crippen LogP contribution in [0.3, 0.4) is 0 Å². The molecule has 2 aliphatic heterocycles. The van der Waals surface area contributed by atoms with Crippen LogP contribution in [0.25, 0.3) is 32.6 Å². The summed E-state index contributed by atoms with van der Waals surface area (Å²) in [5.41, 5.74) is 15.0. The second-order valence-corrected chi connectivity index (χ2v) is 12.2. The molecule has 0 unspecified atom stereocenters. The maximum atomic E-state index is 5.51. The molecule has 0 radical (unpaired) electrons. The molecule has 0 spiro atoms. The highest BCUT2D eigenvalue weighted by Gasteiger charge is 2.45. The lowest BCUT2D eigenvalue weighted by Gasteiger charge is -2.45. The molecule has 0 atom stereocenters. The minimum Gasteiger partial charge on any atom is -0.311 e. The van der Waals surface area contributed by atoms with Gasteiger partial charge in [-0.05, 0) is 72.7 Å². The Morgan fingerprint density at radius 1 is 0.489 bits per heavy atom. The summed E-state index contributed by atoms with van der Waals surface area (Å²) in [6.45, 7) is 4.34. The van der Waals surface area contributed by atoms with Crippen molar-refractivity contribution in [3.8, 4) is 0 Å². The lowest BCUT2D eigenvalue weighted by molar-refractivity contribution is 1.22. The third-order valence-electron chi connectivity index (χ3n) is 9.81. The van der Waals surface area contributed by atoms with Gasteiger partial charge < -0.3 is 9.80 Å². The summed E-state index contributed by atoms with van der Waals surface area (Å²) >= 11 is 0. The van der Waals surface area contributed by atoms with Crippen molar-refractivity contribution in [2.45, 2.75) is 13.8 Å². The Hall–Kier alpha value is -5.68. The van der Waals surface area contributed by atoms with Crippen LogP contribution >= 0.6 is 0 Å². The molecule has 0 saturated carbocycles. The number of aromatic nitrogens is 2. The van der Waals surface area contributed by atoms with E-state index in [1.54, 1.807) is 0 Å². The highest BCUT2D eigenvalue weighted by molar-refractivity contribution is 7.01. The first-order chi connectivity index (χ1) is 22.2. The maximum absolute atomic E-state index is 5.51. The predicted molar refractivity (Wildman–Crippen MR) is 189 cm³/mol. The van der Waals surface area contributed by atoms with Gasteiger partial charge >= 0.3 is 0 Å². The molecule has 10 rings (SSSR count). The lowest BCUT2D eigenvalue weighted by Crippen LogP contribution is -2.61. The van der Waals surface area contributed by atoms with Gasteiger partial charge in [-0.15, -0.1) is 0 Å². The summed E-state index contributed by atoms with van der Waals surface area (Å²) in [4.78, 5) is 15.7. The summed E-state index contributed by atoms with van der Waals surface area (Å²) < 4.78 is 0. The van der Waals surface area contributed by atoms with E-state index >= 15 is 0 Å². The van der Waals surface area contributed by atoms with E-state index in [4.69, 9.17) is 9.97 Å². The van der Waals surface area contributed by atoms with Crippen LogP contribution in [0.5, 0.6) is 0 Å². The number of hydrogen-bond donors (Lipinski definition) is 0. The Morgan fingerprint density at radius 2 is 1.07 bits per heavy atom. The van der Waals surface area contributed by atoms with Crippen molar-refractivity contribution >= 4 is 89.8 Å². The SMILES string of the molecule is Cc1nc2c3c4c(c5c(C)nc6cccc1c6c25)N(c1ccccc1)c1ccccc1B4c1ccccc1N3c1ccccc1. The number of para-hydroxylation sites is 4. The average molecular weight is 574 g/mol. The van der Waals surface area contributed by atoms with Gasteiger partial charge in [-0.25, -0.2) is 0 Å². The van der Waals surface area contributed by atoms with Crippen LogP contribution in [0.15, 0.2) is 127 Å². The van der Waals surface area contributed by atoms with Gasteiger partial charge in [-0.2, -0.15) is 0 Å². The average Bonchev–Trinajstić information content (AvgIpc) is 3.09. The zero-order valence-electron chi connectivity index (χ0n) is 25.0. The van der Waals surface area contributed by atoms with Gasteiger partial charge in [0.1, 0.15) is 0 Å². The van der Waals surface area contributed by atoms with E-state index in [-0.39, 0.29) is 6.71 Å². The number of nitrogens with zero attached hydrogens (tertiary/aromatic N) is 4. The van der Waals surface area contributed by atoms with Gasteiger partial charge in [-0.3, -0.25) is 9.97 Å². The third kappa shape index (κ3) is 3.17. The normalized spacial score (nSPS) is 13.4. The molecule has 0 fully saturated rings. The van der Waals surface area contributed by atoms with Crippen LogP contribution in [0.2, 0.25) is 0 Å². The molecule has 210 valence electrons. The van der Waals surface area contributed by atoms with Crippen molar-refractivity contribution in [3.05, 3.63) is 139 Å². The predicted octanol–water partition coefficient (Wildman–Crippen LogP) is 8.07. The number of fused-ring (bicyclic) bond motifs is 6. The number of pyridine rings is 2. The van der Waals surface area contributed by atoms with Gasteiger partial charge in [0, 0.05) is 55.7 Å². The van der Waals surface area contributed by atoms with Gasteiger partial charge in [0.25, 0.3) is 6.71 Å². The molecule has 5 heteroatoms. The van der Waals surface area contributed by atoms with Crippen LogP contribution in [0.1, 0.15) is 11.4 Å². The van der Waals surface area contributed by atoms with E-state index in [1.165, 1.54) is 49.6 Å². The molecule has 2 aliphatic rings. The van der Waals surface area contributed by atoms with Crippen molar-refractivity contribution in [1.82, 2.24) is 9.97 Å². The Kier molecular flexibility index (Phi) is 4.91. The Balaban J connectivity index is 1.51. The largest absolute Gasteiger partial charge is 0.311 e. The molecule has 0 bridgehead atoms. The molecule has 0 saturated heterocycles. The first-order valence-electron chi connectivity index (χ1n) is 15.6. The molecule has 45 heavy (non-hydrogen) atoms. The Morgan fingerprint density at radius 3 is 1.71 bits per heavy atom. The first-order valence-corrected chi connectivity index (χ1v) is 15.6. The molecule has 2 aromatic heterocycles. The standard InChI is InChI=1S/C40H27BN4/c1-24-28-18-13-21-31-35(28)36-34(25(2)42-31)39-37-40(38(36)43-24)45(27-16-7-4-8-17-27)33-23-12-10-20-30(33)41(37)29-19-9-11-22-32(29)44(39)26-14-5-3-6-15-26/h3-23H,1-2H3. The maximum Gasteiger partial charge on any atom is 0.252 e. The second-order valence-electron chi connectivity index (χ2n) is 12.2. The fraction of sp³-hybridized carbons (Fsp3) is 0.0500. The second kappa shape index (κ2) is 8.93. The minimum atomic E-state index is 0.0331. The molecule has 4 nitrogen and oxygen atoms in total. The quantitative estimate of drug-likeness (QED) is 0.154. The van der Waals surface area contributed by atoms with Crippen molar-refractivity contribution in [2.24, 2.45) is 0 Å². The number of aryl methyl sites for hydroxylation is 2. The lowest BCUT2D eigenvalue weighted by atomic mass is 9.33. The number of rotatable bonds is 2. The molecule has 4 heterocycles. The molecular weight excluding hydrogens is 547 g/mol. The Bertz CT molecular complexity index is 2460. The number of anilines is 6. The fourth-order valence-corrected chi connectivity index (χ4v) is 8.11. The van der Waals surface area contributed by atoms with Crippen LogP contribution in [-0.4, -0.2) is 16.7 Å². The number of hydrogen-bond acceptors (Lipinski definition) is 4. The molecule has 0 aliphatic carbocycles. The van der Waals surface area contributed by atoms with Gasteiger partial charge in [0.05, 0.1) is 22.4 Å². The Labute approximate surface area is 261 Å². The van der Waals surface area contributed by atoms with E-state index in [9.17, 15) is 0 Å². The van der Waals surface area contributed by atoms with Crippen LogP contribution in [0.4, 0.5) is 34.1 Å². The summed E-state index contributed by atoms with van der Waals surface area (Å²) in [5.74, 6) is 0. The van der Waals surface area contributed by atoms with Crippen LogP contribution in [0, 0.1) is 13.8 Å². The smallest absolute Gasteiger partial charge is 0.252 e. The summed E-state index contributed by atoms with van der Waals surface area (Å²) in [6.07, 6.45) is 0. The molecular formula is C40H27BN4. The van der Waals surface area contributed by atoms with E-state index in [0.29, 0.717) is 0 Å². The topological polar surface area (TPSA) is 32.3 Å². The van der Waals surface area contributed by atoms with E-state index < -0.39 is 0 Å². The molecule has 8 aromatic rings. The summed E-state index contributed by atoms with van der Waals surface area (Å²) in [6, 6.07) is 45.9. The van der Waals surface area contributed by atoms with E-state index in [0.717, 1.165) is 44.9 Å². The number of benzene rings is 6. The molecule has 6 aromatic carbocycles. The van der Waals surface area contributed by atoms with Crippen LogP contribution < -0.4 is 26.2 Å². The minimum absolute atomic E-state index is 0.0331. The molecule has 0 N–H and O–H groups in total. The van der Waals surface area contributed by atoms with Gasteiger partial charge in [0.15, 0.2) is 0 Å². The van der Waals surface area contributed by atoms with Crippen molar-refractivity contribution in [2.75, 3.05) is 9.80 Å². The highest BCUT2D eigenvalue weighted by Crippen LogP contribution is 2.51. The zero-order valence-corrected chi connectivity index (χ0v) is 25.0. The van der Waals surface area contributed by atoms with Crippen molar-refractivity contribution in [3.63, 3.8) is 0 Å². The first kappa shape index (κ1) is 24.7. The fourth-order valence-electron chi connectivity index (χ4n) is 8.11. The van der Waals surface area contributed by atoms with Crippen molar-refractivity contribution < 1.29 is 0 Å². The van der Waals surface area contributed by atoms with E-state index in [2.05, 4.69) is 151 Å². The molecule has 0 amide bonds. The monoisotopic (exact) mass is 574 g/mol. The zero-order chi connectivity index (χ0) is 29.8. The van der Waals surface area contributed by atoms with E-state index in [1.807, 2.05) is 0 Å². The summed E-state index contributed by atoms with van der Waals surface area (Å²) in [7, 11) is 0. The van der Waals surface area contributed by atoms with Crippen molar-refractivity contribution in [1.29, 1.82) is 0 Å². The summed E-state index contributed by atoms with van der Waals surface area (Å²) in [5, 5.41) is 4.71. The van der Waals surface area contributed by atoms with Crippen LogP contribution in [-0.2, 0) is 0 Å². The third-order valence-corrected chi connectivity index (χ3v) is 9.81. The highest BCUT2D eigenvalue weighted by atomic mass is 15.2.